The van der Waals surface area contributed by atoms with Crippen LogP contribution in [0.2, 0.25) is 0 Å². The van der Waals surface area contributed by atoms with E-state index in [4.69, 9.17) is 0 Å². The third kappa shape index (κ3) is 7.61. The van der Waals surface area contributed by atoms with Crippen LogP contribution in [-0.4, -0.2) is 73.6 Å². The topological polar surface area (TPSA) is 99.9 Å². The predicted octanol–water partition coefficient (Wildman–Crippen LogP) is 4.91. The van der Waals surface area contributed by atoms with E-state index in [0.29, 0.717) is 37.5 Å². The molecule has 0 radical (unpaired) electrons. The fourth-order valence-corrected chi connectivity index (χ4v) is 6.74. The van der Waals surface area contributed by atoms with Crippen LogP contribution >= 0.6 is 0 Å². The third-order valence-electron chi connectivity index (χ3n) is 9.20. The zero-order chi connectivity index (χ0) is 30.2. The molecule has 3 amide bonds. The lowest BCUT2D eigenvalue weighted by Gasteiger charge is -2.37. The lowest BCUT2D eigenvalue weighted by Crippen LogP contribution is -2.56. The van der Waals surface area contributed by atoms with Gasteiger partial charge in [-0.1, -0.05) is 69.9 Å². The number of hydrogen-bond acceptors (Lipinski definition) is 5. The van der Waals surface area contributed by atoms with Crippen LogP contribution in [0.3, 0.4) is 0 Å². The van der Waals surface area contributed by atoms with Gasteiger partial charge < -0.3 is 15.1 Å². The maximum absolute atomic E-state index is 14.3. The van der Waals surface area contributed by atoms with E-state index >= 15 is 0 Å². The van der Waals surface area contributed by atoms with Crippen LogP contribution in [0.5, 0.6) is 0 Å². The normalized spacial score (nSPS) is 18.8. The molecule has 43 heavy (non-hydrogen) atoms. The summed E-state index contributed by atoms with van der Waals surface area (Å²) in [7, 11) is 0. The van der Waals surface area contributed by atoms with Crippen molar-refractivity contribution in [3.63, 3.8) is 0 Å². The number of nitrogens with zero attached hydrogens (tertiary/aromatic N) is 5. The van der Waals surface area contributed by atoms with E-state index in [0.717, 1.165) is 56.9 Å². The van der Waals surface area contributed by atoms with Gasteiger partial charge in [0.05, 0.1) is 0 Å². The van der Waals surface area contributed by atoms with Gasteiger partial charge in [0.1, 0.15) is 11.7 Å². The SMILES string of the molecule is CCC[C@@H](C)C(=O)N[C@H](C(=O)N1CCC[C@H]1CN(CCc1ccccc1)C(=O)c1cn2cccnc2n1)C1CCCCC1. The number of amides is 3. The van der Waals surface area contributed by atoms with Crippen LogP contribution in [-0.2, 0) is 16.0 Å². The Balaban J connectivity index is 1.36. The number of nitrogens with one attached hydrogen (secondary N) is 1. The maximum Gasteiger partial charge on any atom is 0.274 e. The maximum atomic E-state index is 14.3. The highest BCUT2D eigenvalue weighted by Gasteiger charge is 2.39. The molecule has 230 valence electrons. The van der Waals surface area contributed by atoms with Gasteiger partial charge in [-0.2, -0.15) is 0 Å². The van der Waals surface area contributed by atoms with E-state index in [2.05, 4.69) is 34.3 Å². The first-order chi connectivity index (χ1) is 20.9. The van der Waals surface area contributed by atoms with E-state index in [1.807, 2.05) is 47.2 Å². The summed E-state index contributed by atoms with van der Waals surface area (Å²) in [6.07, 6.45) is 14.7. The minimum Gasteiger partial charge on any atom is -0.344 e. The number of hydrogen-bond donors (Lipinski definition) is 1. The Morgan fingerprint density at radius 2 is 1.84 bits per heavy atom. The lowest BCUT2D eigenvalue weighted by atomic mass is 9.83. The Labute approximate surface area is 255 Å². The smallest absolute Gasteiger partial charge is 0.274 e. The molecule has 9 heteroatoms. The van der Waals surface area contributed by atoms with Crippen molar-refractivity contribution in [1.29, 1.82) is 0 Å². The molecule has 1 saturated carbocycles. The highest BCUT2D eigenvalue weighted by molar-refractivity contribution is 5.93. The van der Waals surface area contributed by atoms with Gasteiger partial charge in [-0.05, 0) is 56.1 Å². The van der Waals surface area contributed by atoms with E-state index in [1.54, 1.807) is 16.8 Å². The number of imidazole rings is 1. The molecule has 1 N–H and O–H groups in total. The number of fused-ring (bicyclic) bond motifs is 1. The molecule has 1 aliphatic heterocycles. The van der Waals surface area contributed by atoms with Crippen LogP contribution in [0.15, 0.2) is 55.0 Å². The molecule has 1 aromatic carbocycles. The van der Waals surface area contributed by atoms with Gasteiger partial charge in [0.25, 0.3) is 5.91 Å². The molecule has 0 unspecified atom stereocenters. The quantitative estimate of drug-likeness (QED) is 0.325. The Kier molecular flexibility index (Phi) is 10.4. The van der Waals surface area contributed by atoms with Crippen molar-refractivity contribution >= 4 is 23.5 Å². The number of benzene rings is 1. The van der Waals surface area contributed by atoms with Gasteiger partial charge in [0.15, 0.2) is 0 Å². The minimum absolute atomic E-state index is 0.0128. The van der Waals surface area contributed by atoms with Crippen molar-refractivity contribution < 1.29 is 14.4 Å². The zero-order valence-electron chi connectivity index (χ0n) is 25.7. The molecule has 5 rings (SSSR count). The molecular formula is C34H46N6O3. The van der Waals surface area contributed by atoms with E-state index in [1.165, 1.54) is 6.42 Å². The Hall–Kier alpha value is -3.75. The summed E-state index contributed by atoms with van der Waals surface area (Å²) in [4.78, 5) is 53.9. The molecule has 2 aliphatic rings. The van der Waals surface area contributed by atoms with Gasteiger partial charge in [-0.15, -0.1) is 0 Å². The van der Waals surface area contributed by atoms with Gasteiger partial charge >= 0.3 is 0 Å². The molecule has 2 fully saturated rings. The molecule has 1 saturated heterocycles. The first-order valence-corrected chi connectivity index (χ1v) is 16.2. The average molecular weight is 587 g/mol. The van der Waals surface area contributed by atoms with Crippen molar-refractivity contribution in [1.82, 2.24) is 29.5 Å². The highest BCUT2D eigenvalue weighted by atomic mass is 16.2. The molecule has 0 bridgehead atoms. The molecule has 0 spiro atoms. The van der Waals surface area contributed by atoms with E-state index < -0.39 is 6.04 Å². The fraction of sp³-hybridized carbons (Fsp3) is 0.559. The second-order valence-electron chi connectivity index (χ2n) is 12.3. The third-order valence-corrected chi connectivity index (χ3v) is 9.20. The summed E-state index contributed by atoms with van der Waals surface area (Å²) in [5, 5.41) is 3.20. The molecule has 1 aliphatic carbocycles. The van der Waals surface area contributed by atoms with Crippen LogP contribution in [0, 0.1) is 11.8 Å². The van der Waals surface area contributed by atoms with Crippen LogP contribution in [0.25, 0.3) is 5.78 Å². The Bertz CT molecular complexity index is 1340. The summed E-state index contributed by atoms with van der Waals surface area (Å²) in [5.74, 6) is 0.340. The summed E-state index contributed by atoms with van der Waals surface area (Å²) in [6, 6.07) is 11.3. The summed E-state index contributed by atoms with van der Waals surface area (Å²) >= 11 is 0. The summed E-state index contributed by atoms with van der Waals surface area (Å²) in [6.45, 7) is 5.61. The molecule has 2 aromatic heterocycles. The van der Waals surface area contributed by atoms with Gasteiger partial charge in [-0.3, -0.25) is 18.8 Å². The van der Waals surface area contributed by atoms with Crippen molar-refractivity contribution in [2.45, 2.75) is 90.1 Å². The fourth-order valence-electron chi connectivity index (χ4n) is 6.74. The Morgan fingerprint density at radius 1 is 1.05 bits per heavy atom. The van der Waals surface area contributed by atoms with Crippen molar-refractivity contribution in [3.8, 4) is 0 Å². The second kappa shape index (κ2) is 14.6. The summed E-state index contributed by atoms with van der Waals surface area (Å²) < 4.78 is 1.75. The molecular weight excluding hydrogens is 540 g/mol. The lowest BCUT2D eigenvalue weighted by molar-refractivity contribution is -0.140. The number of carbonyl (C=O) groups excluding carboxylic acids is 3. The van der Waals surface area contributed by atoms with Crippen molar-refractivity contribution in [2.24, 2.45) is 11.8 Å². The molecule has 3 aromatic rings. The number of carbonyl (C=O) groups is 3. The first kappa shape index (κ1) is 30.7. The molecule has 3 atom stereocenters. The summed E-state index contributed by atoms with van der Waals surface area (Å²) in [5.41, 5.74) is 1.50. The van der Waals surface area contributed by atoms with Gasteiger partial charge in [0.2, 0.25) is 17.6 Å². The number of likely N-dealkylation sites (tertiary alicyclic amines) is 1. The molecule has 9 nitrogen and oxygen atoms in total. The molecule has 3 heterocycles. The monoisotopic (exact) mass is 586 g/mol. The van der Waals surface area contributed by atoms with Gasteiger partial charge in [-0.25, -0.2) is 9.97 Å². The van der Waals surface area contributed by atoms with Crippen molar-refractivity contribution in [3.05, 3.63) is 66.2 Å². The predicted molar refractivity (Wildman–Crippen MR) is 166 cm³/mol. The van der Waals surface area contributed by atoms with Crippen LogP contribution in [0.1, 0.15) is 87.7 Å². The van der Waals surface area contributed by atoms with E-state index in [-0.39, 0.29) is 35.6 Å². The largest absolute Gasteiger partial charge is 0.344 e. The Morgan fingerprint density at radius 3 is 2.58 bits per heavy atom. The van der Waals surface area contributed by atoms with E-state index in [9.17, 15) is 14.4 Å². The number of aromatic nitrogens is 3. The average Bonchev–Trinajstić information content (AvgIpc) is 3.69. The second-order valence-corrected chi connectivity index (χ2v) is 12.3. The van der Waals surface area contributed by atoms with Gasteiger partial charge in [0, 0.05) is 50.2 Å². The zero-order valence-corrected chi connectivity index (χ0v) is 25.7. The van der Waals surface area contributed by atoms with Crippen molar-refractivity contribution in [2.75, 3.05) is 19.6 Å². The first-order valence-electron chi connectivity index (χ1n) is 16.2. The number of rotatable bonds is 12. The van der Waals surface area contributed by atoms with Crippen LogP contribution < -0.4 is 5.32 Å². The minimum atomic E-state index is -0.509. The highest BCUT2D eigenvalue weighted by Crippen LogP contribution is 2.30. The van der Waals surface area contributed by atoms with Crippen LogP contribution in [0.4, 0.5) is 0 Å². The standard InChI is InChI=1S/C34H46N6O3/c1-3-12-25(2)31(41)37-30(27-15-8-5-9-16-27)33(43)40-21-10-17-28(40)23-38(22-18-26-13-6-4-7-14-26)32(42)29-24-39-20-11-19-35-34(39)36-29/h4,6-7,11,13-14,19-20,24-25,27-28,30H,3,5,8-10,12,15-18,21-23H2,1-2H3,(H,37,41)/t25-,28+,30+/m1/s1.